The average Bonchev–Trinajstić information content (AvgIpc) is 2.80. The predicted octanol–water partition coefficient (Wildman–Crippen LogP) is 3.54. The number of ketones is 1. The Morgan fingerprint density at radius 2 is 1.79 bits per heavy atom. The number of anilines is 1. The second kappa shape index (κ2) is 12.3. The van der Waals surface area contributed by atoms with Crippen LogP contribution in [0.3, 0.4) is 0 Å². The fraction of sp³-hybridized carbons (Fsp3) is 0.318. The lowest BCUT2D eigenvalue weighted by atomic mass is 9.90. The average molecular weight is 614 g/mol. The van der Waals surface area contributed by atoms with Crippen LogP contribution in [0.25, 0.3) is 0 Å². The number of halogens is 5. The number of benzene rings is 2. The number of nitrogens with zero attached hydrogens (tertiary/aromatic N) is 1. The molecule has 0 aliphatic heterocycles. The summed E-state index contributed by atoms with van der Waals surface area (Å²) >= 11 is 11.9. The van der Waals surface area contributed by atoms with Crippen LogP contribution in [0.15, 0.2) is 41.3 Å². The van der Waals surface area contributed by atoms with Gasteiger partial charge in [0.05, 0.1) is 15.7 Å². The number of sulfonamides is 1. The maximum atomic E-state index is 13.5. The van der Waals surface area contributed by atoms with Crippen LogP contribution in [0, 0.1) is 5.41 Å². The van der Waals surface area contributed by atoms with Crippen molar-refractivity contribution in [3.8, 4) is 5.75 Å². The SMILES string of the molecule is CC(=O)C(N)(CCCN(C(=N)N)S(=O)(=O)c1ccc(OC(F)(F)F)cc1NCc1ccc(Cl)c(Cl)c1)C(=O)O. The molecule has 0 heterocycles. The normalized spacial score (nSPS) is 13.3. The van der Waals surface area contributed by atoms with Crippen LogP contribution >= 0.6 is 23.2 Å². The highest BCUT2D eigenvalue weighted by atomic mass is 35.5. The molecule has 2 aromatic carbocycles. The van der Waals surface area contributed by atoms with E-state index < -0.39 is 63.2 Å². The van der Waals surface area contributed by atoms with Gasteiger partial charge in [-0.25, -0.2) is 17.5 Å². The molecule has 0 fully saturated rings. The van der Waals surface area contributed by atoms with E-state index in [1.807, 2.05) is 0 Å². The molecule has 17 heteroatoms. The molecule has 11 nitrogen and oxygen atoms in total. The monoisotopic (exact) mass is 613 g/mol. The minimum absolute atomic E-state index is 0.109. The molecule has 214 valence electrons. The van der Waals surface area contributed by atoms with Crippen LogP contribution < -0.4 is 21.5 Å². The van der Waals surface area contributed by atoms with Crippen molar-refractivity contribution in [1.82, 2.24) is 4.31 Å². The van der Waals surface area contributed by atoms with Crippen molar-refractivity contribution in [1.29, 1.82) is 5.41 Å². The van der Waals surface area contributed by atoms with E-state index in [0.29, 0.717) is 9.87 Å². The first kappa shape index (κ1) is 31.9. The van der Waals surface area contributed by atoms with Crippen molar-refractivity contribution in [2.24, 2.45) is 11.5 Å². The van der Waals surface area contributed by atoms with E-state index in [1.165, 1.54) is 12.1 Å². The molecule has 0 saturated carbocycles. The van der Waals surface area contributed by atoms with Crippen LogP contribution in [-0.4, -0.2) is 54.0 Å². The van der Waals surface area contributed by atoms with E-state index >= 15 is 0 Å². The van der Waals surface area contributed by atoms with E-state index in [9.17, 15) is 36.3 Å². The molecule has 0 aromatic heterocycles. The third kappa shape index (κ3) is 8.11. The summed E-state index contributed by atoms with van der Waals surface area (Å²) in [5.41, 5.74) is 8.98. The van der Waals surface area contributed by atoms with Gasteiger partial charge >= 0.3 is 12.3 Å². The Kier molecular flexibility index (Phi) is 10.1. The number of alkyl halides is 3. The first-order valence-corrected chi connectivity index (χ1v) is 13.1. The fourth-order valence-corrected chi connectivity index (χ4v) is 5.18. The van der Waals surface area contributed by atoms with Crippen molar-refractivity contribution in [3.05, 3.63) is 52.0 Å². The van der Waals surface area contributed by atoms with Gasteiger partial charge in [-0.2, -0.15) is 0 Å². The van der Waals surface area contributed by atoms with Gasteiger partial charge in [-0.1, -0.05) is 29.3 Å². The molecule has 0 spiro atoms. The number of carbonyl (C=O) groups is 2. The van der Waals surface area contributed by atoms with Crippen molar-refractivity contribution >= 4 is 56.6 Å². The Labute approximate surface area is 231 Å². The standard InChI is InChI=1S/C22H24Cl2F3N5O6S/c1-12(33)21(30,19(34)35)7-2-8-32(20(28)29)39(36,37)18-6-4-14(38-22(25,26)27)10-17(18)31-11-13-3-5-15(23)16(24)9-13/h3-6,9-10,31H,2,7-8,11,30H2,1H3,(H3,28,29)(H,34,35). The summed E-state index contributed by atoms with van der Waals surface area (Å²) in [6, 6.07) is 6.84. The maximum Gasteiger partial charge on any atom is 0.573 e. The van der Waals surface area contributed by atoms with E-state index in [4.69, 9.17) is 40.1 Å². The number of rotatable bonds is 12. The zero-order valence-corrected chi connectivity index (χ0v) is 22.5. The molecule has 39 heavy (non-hydrogen) atoms. The summed E-state index contributed by atoms with van der Waals surface area (Å²) in [6.07, 6.45) is -5.86. The number of hydrogen-bond donors (Lipinski definition) is 5. The number of carboxylic acids is 1. The number of guanidine groups is 1. The van der Waals surface area contributed by atoms with E-state index in [2.05, 4.69) is 10.1 Å². The van der Waals surface area contributed by atoms with Gasteiger partial charge in [-0.05, 0) is 49.6 Å². The van der Waals surface area contributed by atoms with E-state index in [0.717, 1.165) is 25.1 Å². The lowest BCUT2D eigenvalue weighted by molar-refractivity contribution is -0.274. The van der Waals surface area contributed by atoms with Gasteiger partial charge in [0, 0.05) is 19.2 Å². The zero-order chi connectivity index (χ0) is 29.8. The van der Waals surface area contributed by atoms with Crippen LogP contribution in [0.5, 0.6) is 5.75 Å². The van der Waals surface area contributed by atoms with Crippen LogP contribution in [0.2, 0.25) is 10.0 Å². The van der Waals surface area contributed by atoms with Gasteiger partial charge in [-0.3, -0.25) is 10.2 Å². The summed E-state index contributed by atoms with van der Waals surface area (Å²) in [5.74, 6) is -4.20. The molecule has 0 aliphatic carbocycles. The third-order valence-corrected chi connectivity index (χ3v) is 8.04. The quantitative estimate of drug-likeness (QED) is 0.135. The number of carbonyl (C=O) groups excluding carboxylic acids is 1. The number of Topliss-reactive ketones (excluding diaryl/α,β-unsaturated/α-hetero) is 1. The lowest BCUT2D eigenvalue weighted by Gasteiger charge is -2.26. The highest BCUT2D eigenvalue weighted by molar-refractivity contribution is 7.89. The summed E-state index contributed by atoms with van der Waals surface area (Å²) in [4.78, 5) is 22.6. The van der Waals surface area contributed by atoms with Crippen molar-refractivity contribution in [2.45, 2.75) is 43.1 Å². The zero-order valence-electron chi connectivity index (χ0n) is 20.2. The molecule has 0 radical (unpaired) electrons. The summed E-state index contributed by atoms with van der Waals surface area (Å²) in [5, 5.41) is 20.2. The fourth-order valence-electron chi connectivity index (χ4n) is 3.34. The smallest absolute Gasteiger partial charge is 0.480 e. The number of ether oxygens (including phenoxy) is 1. The van der Waals surface area contributed by atoms with Gasteiger partial charge in [0.15, 0.2) is 11.3 Å². The predicted molar refractivity (Wildman–Crippen MR) is 137 cm³/mol. The third-order valence-electron chi connectivity index (χ3n) is 5.43. The Bertz CT molecular complexity index is 1360. The number of nitrogens with one attached hydrogen (secondary N) is 2. The number of hydrogen-bond acceptors (Lipinski definition) is 8. The van der Waals surface area contributed by atoms with Crippen LogP contribution in [-0.2, 0) is 26.2 Å². The Balaban J connectivity index is 2.44. The molecule has 0 saturated heterocycles. The molecule has 0 aliphatic rings. The number of nitrogens with two attached hydrogens (primary N) is 2. The summed E-state index contributed by atoms with van der Waals surface area (Å²) in [6.45, 7) is 0.288. The lowest BCUT2D eigenvalue weighted by Crippen LogP contribution is -2.54. The van der Waals surface area contributed by atoms with Gasteiger partial charge in [0.1, 0.15) is 10.6 Å². The summed E-state index contributed by atoms with van der Waals surface area (Å²) in [7, 11) is -4.70. The van der Waals surface area contributed by atoms with Gasteiger partial charge in [-0.15, -0.1) is 13.2 Å². The number of carboxylic acid groups (broad SMARTS) is 1. The first-order valence-electron chi connectivity index (χ1n) is 10.9. The first-order chi connectivity index (χ1) is 17.9. The Hall–Kier alpha value is -3.27. The highest BCUT2D eigenvalue weighted by Gasteiger charge is 2.39. The van der Waals surface area contributed by atoms with Gasteiger partial charge in [0.2, 0.25) is 5.96 Å². The molecule has 2 aromatic rings. The minimum Gasteiger partial charge on any atom is -0.480 e. The molecule has 0 amide bonds. The highest BCUT2D eigenvalue weighted by Crippen LogP contribution is 2.33. The molecule has 1 unspecified atom stereocenters. The van der Waals surface area contributed by atoms with Gasteiger partial charge < -0.3 is 26.6 Å². The molecule has 0 bridgehead atoms. The molecule has 2 rings (SSSR count). The Morgan fingerprint density at radius 1 is 1.15 bits per heavy atom. The van der Waals surface area contributed by atoms with Gasteiger partial charge in [0.25, 0.3) is 10.0 Å². The number of aliphatic carboxylic acids is 1. The molecular formula is C22H24Cl2F3N5O6S. The Morgan fingerprint density at radius 3 is 2.31 bits per heavy atom. The van der Waals surface area contributed by atoms with Crippen molar-refractivity contribution in [2.75, 3.05) is 11.9 Å². The second-order valence-electron chi connectivity index (χ2n) is 8.21. The molecular weight excluding hydrogens is 590 g/mol. The molecule has 1 atom stereocenters. The van der Waals surface area contributed by atoms with Crippen molar-refractivity contribution < 1.29 is 41.0 Å². The topological polar surface area (TPSA) is 189 Å². The molecule has 7 N–H and O–H groups in total. The van der Waals surface area contributed by atoms with Crippen LogP contribution in [0.1, 0.15) is 25.3 Å². The van der Waals surface area contributed by atoms with Crippen LogP contribution in [0.4, 0.5) is 18.9 Å². The van der Waals surface area contributed by atoms with E-state index in [-0.39, 0.29) is 28.7 Å². The maximum absolute atomic E-state index is 13.5. The minimum atomic E-state index is -5.07. The largest absolute Gasteiger partial charge is 0.573 e. The second-order valence-corrected chi connectivity index (χ2v) is 10.9. The summed E-state index contributed by atoms with van der Waals surface area (Å²) < 4.78 is 69.7. The van der Waals surface area contributed by atoms with E-state index in [1.54, 1.807) is 6.07 Å². The van der Waals surface area contributed by atoms with Crippen molar-refractivity contribution in [3.63, 3.8) is 0 Å².